The van der Waals surface area contributed by atoms with E-state index in [0.717, 1.165) is 25.1 Å². The van der Waals surface area contributed by atoms with Crippen molar-refractivity contribution in [3.05, 3.63) is 29.8 Å². The molecule has 1 aromatic carbocycles. The lowest BCUT2D eigenvalue weighted by molar-refractivity contribution is -0.120. The van der Waals surface area contributed by atoms with Crippen LogP contribution in [0.15, 0.2) is 18.2 Å². The Morgan fingerprint density at radius 3 is 2.55 bits per heavy atom. The van der Waals surface area contributed by atoms with Crippen LogP contribution in [0.2, 0.25) is 0 Å². The first-order chi connectivity index (χ1) is 9.86. The maximum atomic E-state index is 13.5. The molecule has 1 aliphatic rings. The number of hydrogen-bond donors (Lipinski definition) is 2. The lowest BCUT2D eigenvalue weighted by Gasteiger charge is -2.26. The molecule has 1 amide bonds. The normalized spacial score (nSPS) is 23.0. The second kappa shape index (κ2) is 7.35. The van der Waals surface area contributed by atoms with Crippen molar-refractivity contribution in [1.29, 1.82) is 0 Å². The minimum absolute atomic E-state index is 0. The number of carbonyl (C=O) groups excluding carboxylic acids is 1. The van der Waals surface area contributed by atoms with E-state index in [0.29, 0.717) is 13.1 Å². The number of amides is 1. The predicted molar refractivity (Wildman–Crippen MR) is 85.0 cm³/mol. The molecule has 124 valence electrons. The Morgan fingerprint density at radius 2 is 2.05 bits per heavy atom. The first kappa shape index (κ1) is 18.8. The van der Waals surface area contributed by atoms with Crippen LogP contribution in [0.1, 0.15) is 20.3 Å². The van der Waals surface area contributed by atoms with Gasteiger partial charge in [-0.15, -0.1) is 12.4 Å². The summed E-state index contributed by atoms with van der Waals surface area (Å²) in [6, 6.07) is 3.03. The van der Waals surface area contributed by atoms with Gasteiger partial charge in [-0.05, 0) is 44.0 Å². The Kier molecular flexibility index (Phi) is 6.28. The van der Waals surface area contributed by atoms with E-state index in [9.17, 15) is 13.6 Å². The number of benzene rings is 1. The summed E-state index contributed by atoms with van der Waals surface area (Å²) in [4.78, 5) is 14.2. The SMILES string of the molecule is CC(C(=O)Nc1c(F)cccc1F)N1CCC(C)(CN)C1.Cl. The number of nitrogens with one attached hydrogen (secondary N) is 1. The molecule has 0 spiro atoms. The smallest absolute Gasteiger partial charge is 0.241 e. The van der Waals surface area contributed by atoms with Crippen LogP contribution in [0, 0.1) is 17.0 Å². The number of para-hydroxylation sites is 1. The summed E-state index contributed by atoms with van der Waals surface area (Å²) in [5.41, 5.74) is 5.35. The van der Waals surface area contributed by atoms with Gasteiger partial charge in [0.1, 0.15) is 17.3 Å². The van der Waals surface area contributed by atoms with E-state index < -0.39 is 29.3 Å². The van der Waals surface area contributed by atoms with E-state index in [1.807, 2.05) is 4.90 Å². The molecule has 22 heavy (non-hydrogen) atoms. The van der Waals surface area contributed by atoms with Crippen LogP contribution < -0.4 is 11.1 Å². The number of halogens is 3. The number of carbonyl (C=O) groups is 1. The minimum Gasteiger partial charge on any atom is -0.330 e. The van der Waals surface area contributed by atoms with Crippen molar-refractivity contribution in [1.82, 2.24) is 4.90 Å². The van der Waals surface area contributed by atoms with Crippen molar-refractivity contribution in [2.24, 2.45) is 11.1 Å². The molecule has 1 fully saturated rings. The van der Waals surface area contributed by atoms with Gasteiger partial charge in [-0.25, -0.2) is 8.78 Å². The zero-order chi connectivity index (χ0) is 15.6. The first-order valence-corrected chi connectivity index (χ1v) is 7.05. The fourth-order valence-corrected chi connectivity index (χ4v) is 2.57. The number of rotatable bonds is 4. The monoisotopic (exact) mass is 333 g/mol. The van der Waals surface area contributed by atoms with E-state index in [1.165, 1.54) is 6.07 Å². The Balaban J connectivity index is 0.00000242. The Labute approximate surface area is 135 Å². The summed E-state index contributed by atoms with van der Waals surface area (Å²) >= 11 is 0. The lowest BCUT2D eigenvalue weighted by Crippen LogP contribution is -2.42. The Morgan fingerprint density at radius 1 is 1.45 bits per heavy atom. The van der Waals surface area contributed by atoms with Gasteiger partial charge in [-0.3, -0.25) is 9.69 Å². The van der Waals surface area contributed by atoms with Gasteiger partial charge < -0.3 is 11.1 Å². The summed E-state index contributed by atoms with van der Waals surface area (Å²) in [5, 5.41) is 2.34. The van der Waals surface area contributed by atoms with Gasteiger partial charge in [0.05, 0.1) is 6.04 Å². The number of nitrogens with zero attached hydrogens (tertiary/aromatic N) is 1. The molecule has 0 aromatic heterocycles. The van der Waals surface area contributed by atoms with Crippen LogP contribution >= 0.6 is 12.4 Å². The topological polar surface area (TPSA) is 58.4 Å². The molecule has 2 unspecified atom stereocenters. The number of anilines is 1. The molecule has 1 aliphatic heterocycles. The van der Waals surface area contributed by atoms with Crippen molar-refractivity contribution >= 4 is 24.0 Å². The average Bonchev–Trinajstić information content (AvgIpc) is 2.85. The standard InChI is InChI=1S/C15H21F2N3O.ClH/c1-10(20-7-6-15(2,8-18)9-20)14(21)19-13-11(16)4-3-5-12(13)17;/h3-5,10H,6-9,18H2,1-2H3,(H,19,21);1H. The van der Waals surface area contributed by atoms with E-state index in [2.05, 4.69) is 12.2 Å². The first-order valence-electron chi connectivity index (χ1n) is 7.05. The second-order valence-corrected chi connectivity index (χ2v) is 6.00. The van der Waals surface area contributed by atoms with Crippen LogP contribution in [0.4, 0.5) is 14.5 Å². The zero-order valence-electron chi connectivity index (χ0n) is 12.7. The van der Waals surface area contributed by atoms with Gasteiger partial charge in [0, 0.05) is 6.54 Å². The third-order valence-corrected chi connectivity index (χ3v) is 4.22. The van der Waals surface area contributed by atoms with Gasteiger partial charge in [-0.1, -0.05) is 13.0 Å². The van der Waals surface area contributed by atoms with Crippen LogP contribution in [0.25, 0.3) is 0 Å². The van der Waals surface area contributed by atoms with Gasteiger partial charge in [0.2, 0.25) is 5.91 Å². The van der Waals surface area contributed by atoms with Crippen LogP contribution in [0.3, 0.4) is 0 Å². The third kappa shape index (κ3) is 3.94. The molecule has 1 aromatic rings. The maximum Gasteiger partial charge on any atom is 0.241 e. The molecule has 1 saturated heterocycles. The van der Waals surface area contributed by atoms with Crippen molar-refractivity contribution in [3.8, 4) is 0 Å². The summed E-state index contributed by atoms with van der Waals surface area (Å²) in [5.74, 6) is -1.96. The zero-order valence-corrected chi connectivity index (χ0v) is 13.6. The van der Waals surface area contributed by atoms with Gasteiger partial charge in [0.15, 0.2) is 0 Å². The summed E-state index contributed by atoms with van der Waals surface area (Å²) in [7, 11) is 0. The molecule has 2 atom stereocenters. The number of nitrogens with two attached hydrogens (primary N) is 1. The highest BCUT2D eigenvalue weighted by Crippen LogP contribution is 2.30. The van der Waals surface area contributed by atoms with Gasteiger partial charge in [0.25, 0.3) is 0 Å². The van der Waals surface area contributed by atoms with E-state index in [-0.39, 0.29) is 17.8 Å². The van der Waals surface area contributed by atoms with E-state index in [4.69, 9.17) is 5.73 Å². The molecule has 2 rings (SSSR count). The van der Waals surface area contributed by atoms with Gasteiger partial charge in [-0.2, -0.15) is 0 Å². The molecule has 0 saturated carbocycles. The third-order valence-electron chi connectivity index (χ3n) is 4.22. The molecule has 3 N–H and O–H groups in total. The second-order valence-electron chi connectivity index (χ2n) is 6.00. The summed E-state index contributed by atoms with van der Waals surface area (Å²) in [6.07, 6.45) is 0.912. The lowest BCUT2D eigenvalue weighted by atomic mass is 9.90. The fourth-order valence-electron chi connectivity index (χ4n) is 2.57. The summed E-state index contributed by atoms with van der Waals surface area (Å²) in [6.45, 7) is 5.82. The van der Waals surface area contributed by atoms with Crippen LogP contribution in [-0.2, 0) is 4.79 Å². The van der Waals surface area contributed by atoms with E-state index >= 15 is 0 Å². The van der Waals surface area contributed by atoms with Crippen molar-refractivity contribution in [3.63, 3.8) is 0 Å². The molecule has 7 heteroatoms. The molecule has 0 radical (unpaired) electrons. The van der Waals surface area contributed by atoms with Crippen LogP contribution in [0.5, 0.6) is 0 Å². The van der Waals surface area contributed by atoms with Crippen molar-refractivity contribution < 1.29 is 13.6 Å². The quantitative estimate of drug-likeness (QED) is 0.889. The molecular weight excluding hydrogens is 312 g/mol. The van der Waals surface area contributed by atoms with Crippen molar-refractivity contribution in [2.45, 2.75) is 26.3 Å². The number of hydrogen-bond acceptors (Lipinski definition) is 3. The highest BCUT2D eigenvalue weighted by Gasteiger charge is 2.36. The highest BCUT2D eigenvalue weighted by molar-refractivity contribution is 5.94. The predicted octanol–water partition coefficient (Wildman–Crippen LogP) is 2.38. The molecule has 4 nitrogen and oxygen atoms in total. The number of likely N-dealkylation sites (tertiary alicyclic amines) is 1. The fraction of sp³-hybridized carbons (Fsp3) is 0.533. The highest BCUT2D eigenvalue weighted by atomic mass is 35.5. The Hall–Kier alpha value is -1.24. The average molecular weight is 334 g/mol. The minimum atomic E-state index is -0.774. The molecule has 1 heterocycles. The van der Waals surface area contributed by atoms with E-state index in [1.54, 1.807) is 6.92 Å². The van der Waals surface area contributed by atoms with Crippen molar-refractivity contribution in [2.75, 3.05) is 25.0 Å². The largest absolute Gasteiger partial charge is 0.330 e. The molecule has 0 aliphatic carbocycles. The molecule has 0 bridgehead atoms. The van der Waals surface area contributed by atoms with Crippen LogP contribution in [-0.4, -0.2) is 36.5 Å². The summed E-state index contributed by atoms with van der Waals surface area (Å²) < 4.78 is 27.1. The molecular formula is C15H22ClF2N3O. The maximum absolute atomic E-state index is 13.5. The Bertz CT molecular complexity index is 523. The van der Waals surface area contributed by atoms with Gasteiger partial charge >= 0.3 is 0 Å².